The summed E-state index contributed by atoms with van der Waals surface area (Å²) in [4.78, 5) is 22.9. The molecule has 228 valence electrons. The van der Waals surface area contributed by atoms with Crippen molar-refractivity contribution in [2.75, 3.05) is 26.3 Å². The van der Waals surface area contributed by atoms with Gasteiger partial charge in [-0.25, -0.2) is 9.59 Å². The van der Waals surface area contributed by atoms with Gasteiger partial charge in [-0.15, -0.1) is 0 Å². The third-order valence-corrected chi connectivity index (χ3v) is 6.71. The molecule has 0 radical (unpaired) electrons. The Bertz CT molecular complexity index is 702. The van der Waals surface area contributed by atoms with E-state index in [0.29, 0.717) is 37.6 Å². The van der Waals surface area contributed by atoms with Crippen molar-refractivity contribution in [2.24, 2.45) is 11.8 Å². The molecule has 0 saturated heterocycles. The van der Waals surface area contributed by atoms with Gasteiger partial charge in [0.05, 0.1) is 25.6 Å². The first-order valence-corrected chi connectivity index (χ1v) is 14.8. The standard InChI is InChI=1S/C15H29NO4.C15H27NO3/c1-15(2,3)20-14(18)16-9-5-7-12-6-4-8-13(12)19-11-10-17;1-5-18-13-10-6-8-12(13)9-7-11-16-14(17)19-15(2,3)4/h12-13,17H,4-11H2,1-3H3,(H,16,18);5,12-13H,1,6-11H2,2-4H3,(H,16,17)/t2*12-,13-/m00/s1. The number of carbonyl (C=O) groups is 2. The molecule has 0 heterocycles. The van der Waals surface area contributed by atoms with E-state index in [-0.39, 0.29) is 24.9 Å². The number of aliphatic hydroxyl groups is 1. The molecular formula is C30H56N2O7. The average Bonchev–Trinajstić information content (AvgIpc) is 3.46. The Morgan fingerprint density at radius 3 is 1.72 bits per heavy atom. The maximum absolute atomic E-state index is 11.5. The number of amides is 2. The van der Waals surface area contributed by atoms with Crippen LogP contribution in [0.2, 0.25) is 0 Å². The quantitative estimate of drug-likeness (QED) is 0.186. The summed E-state index contributed by atoms with van der Waals surface area (Å²) in [5.41, 5.74) is -0.878. The zero-order valence-electron chi connectivity index (χ0n) is 25.4. The van der Waals surface area contributed by atoms with Crippen LogP contribution in [0.15, 0.2) is 12.8 Å². The van der Waals surface area contributed by atoms with Crippen molar-refractivity contribution in [3.05, 3.63) is 12.8 Å². The number of aliphatic hydroxyl groups excluding tert-OH is 1. The molecule has 2 rings (SSSR count). The van der Waals surface area contributed by atoms with Gasteiger partial charge in [-0.2, -0.15) is 0 Å². The first-order valence-electron chi connectivity index (χ1n) is 14.8. The molecule has 0 bridgehead atoms. The summed E-state index contributed by atoms with van der Waals surface area (Å²) in [7, 11) is 0. The van der Waals surface area contributed by atoms with Crippen molar-refractivity contribution in [1.82, 2.24) is 10.6 Å². The number of rotatable bonds is 13. The first kappa shape index (κ1) is 35.0. The van der Waals surface area contributed by atoms with Crippen LogP contribution in [0, 0.1) is 11.8 Å². The summed E-state index contributed by atoms with van der Waals surface area (Å²) in [6.45, 7) is 16.6. The van der Waals surface area contributed by atoms with Crippen molar-refractivity contribution in [3.63, 3.8) is 0 Å². The molecule has 0 aromatic heterocycles. The first-order chi connectivity index (χ1) is 18.3. The van der Waals surface area contributed by atoms with Crippen LogP contribution in [-0.4, -0.2) is 67.0 Å². The molecule has 9 nitrogen and oxygen atoms in total. The van der Waals surface area contributed by atoms with Gasteiger partial charge >= 0.3 is 12.2 Å². The molecule has 2 fully saturated rings. The smallest absolute Gasteiger partial charge is 0.407 e. The SMILES string of the molecule is C=CO[C@H]1CCC[C@H]1CCCNC(=O)OC(C)(C)C.CC(C)(C)OC(=O)NCCC[C@@H]1CCC[C@@H]1OCCO. The maximum atomic E-state index is 11.5. The third kappa shape index (κ3) is 17.3. The van der Waals surface area contributed by atoms with Crippen LogP contribution < -0.4 is 10.6 Å². The van der Waals surface area contributed by atoms with Gasteiger partial charge in [0.2, 0.25) is 0 Å². The van der Waals surface area contributed by atoms with Crippen LogP contribution in [0.5, 0.6) is 0 Å². The van der Waals surface area contributed by atoms with E-state index in [1.807, 2.05) is 41.5 Å². The lowest BCUT2D eigenvalue weighted by molar-refractivity contribution is 0.00558. The van der Waals surface area contributed by atoms with Crippen molar-refractivity contribution in [3.8, 4) is 0 Å². The predicted molar refractivity (Wildman–Crippen MR) is 154 cm³/mol. The second-order valence-corrected chi connectivity index (χ2v) is 12.5. The van der Waals surface area contributed by atoms with Gasteiger partial charge < -0.3 is 34.7 Å². The van der Waals surface area contributed by atoms with Gasteiger partial charge in [-0.05, 0) is 111 Å². The largest absolute Gasteiger partial charge is 0.498 e. The van der Waals surface area contributed by atoms with Gasteiger partial charge in [0, 0.05) is 13.1 Å². The van der Waals surface area contributed by atoms with Crippen LogP contribution in [0.3, 0.4) is 0 Å². The summed E-state index contributed by atoms with van der Waals surface area (Å²) in [5.74, 6) is 1.15. The lowest BCUT2D eigenvalue weighted by Gasteiger charge is -2.21. The molecule has 0 aromatic carbocycles. The fourth-order valence-electron chi connectivity index (χ4n) is 5.13. The van der Waals surface area contributed by atoms with Crippen LogP contribution in [0.4, 0.5) is 9.59 Å². The molecule has 2 aliphatic carbocycles. The minimum Gasteiger partial charge on any atom is -0.498 e. The van der Waals surface area contributed by atoms with E-state index in [9.17, 15) is 9.59 Å². The van der Waals surface area contributed by atoms with Gasteiger partial charge in [-0.1, -0.05) is 13.0 Å². The predicted octanol–water partition coefficient (Wildman–Crippen LogP) is 6.09. The minimum absolute atomic E-state index is 0.0867. The van der Waals surface area contributed by atoms with E-state index in [4.69, 9.17) is 24.1 Å². The Labute approximate surface area is 236 Å². The van der Waals surface area contributed by atoms with Crippen molar-refractivity contribution < 1.29 is 33.6 Å². The minimum atomic E-state index is -0.446. The number of carbonyl (C=O) groups excluding carboxylic acids is 2. The Morgan fingerprint density at radius 1 is 0.821 bits per heavy atom. The normalized spacial score (nSPS) is 22.8. The van der Waals surface area contributed by atoms with E-state index in [1.165, 1.54) is 25.7 Å². The van der Waals surface area contributed by atoms with E-state index in [1.54, 1.807) is 6.26 Å². The number of alkyl carbamates (subject to hydrolysis) is 2. The molecule has 0 unspecified atom stereocenters. The van der Waals surface area contributed by atoms with Crippen molar-refractivity contribution in [2.45, 2.75) is 129 Å². The van der Waals surface area contributed by atoms with E-state index < -0.39 is 11.2 Å². The molecule has 2 aliphatic rings. The van der Waals surface area contributed by atoms with Gasteiger partial charge in [-0.3, -0.25) is 0 Å². The summed E-state index contributed by atoms with van der Waals surface area (Å²) < 4.78 is 21.5. The zero-order valence-corrected chi connectivity index (χ0v) is 25.4. The summed E-state index contributed by atoms with van der Waals surface area (Å²) >= 11 is 0. The van der Waals surface area contributed by atoms with Gasteiger partial charge in [0.1, 0.15) is 17.3 Å². The summed E-state index contributed by atoms with van der Waals surface area (Å²) in [6.07, 6.45) is 12.5. The molecule has 0 aliphatic heterocycles. The lowest BCUT2D eigenvalue weighted by Crippen LogP contribution is -2.33. The van der Waals surface area contributed by atoms with Crippen LogP contribution in [-0.2, 0) is 18.9 Å². The maximum Gasteiger partial charge on any atom is 0.407 e. The fraction of sp³-hybridized carbons (Fsp3) is 0.867. The Hall–Kier alpha value is -2.00. The second-order valence-electron chi connectivity index (χ2n) is 12.5. The van der Waals surface area contributed by atoms with Crippen LogP contribution in [0.1, 0.15) is 106 Å². The van der Waals surface area contributed by atoms with E-state index in [2.05, 4.69) is 17.2 Å². The Morgan fingerprint density at radius 2 is 1.28 bits per heavy atom. The topological polar surface area (TPSA) is 115 Å². The highest BCUT2D eigenvalue weighted by molar-refractivity contribution is 5.67. The summed E-state index contributed by atoms with van der Waals surface area (Å²) in [5, 5.41) is 14.4. The van der Waals surface area contributed by atoms with Gasteiger partial charge in [0.15, 0.2) is 0 Å². The van der Waals surface area contributed by atoms with Crippen molar-refractivity contribution >= 4 is 12.2 Å². The number of nitrogens with one attached hydrogen (secondary N) is 2. The highest BCUT2D eigenvalue weighted by Gasteiger charge is 2.28. The van der Waals surface area contributed by atoms with E-state index in [0.717, 1.165) is 38.5 Å². The number of hydrogen-bond donors (Lipinski definition) is 3. The monoisotopic (exact) mass is 556 g/mol. The molecule has 2 amide bonds. The molecule has 39 heavy (non-hydrogen) atoms. The lowest BCUT2D eigenvalue weighted by atomic mass is 9.99. The van der Waals surface area contributed by atoms with Crippen LogP contribution in [0.25, 0.3) is 0 Å². The third-order valence-electron chi connectivity index (χ3n) is 6.71. The average molecular weight is 557 g/mol. The highest BCUT2D eigenvalue weighted by atomic mass is 16.6. The van der Waals surface area contributed by atoms with E-state index >= 15 is 0 Å². The van der Waals surface area contributed by atoms with Crippen molar-refractivity contribution in [1.29, 1.82) is 0 Å². The fourth-order valence-corrected chi connectivity index (χ4v) is 5.13. The Balaban J connectivity index is 0.000000391. The molecule has 0 spiro atoms. The zero-order chi connectivity index (χ0) is 29.3. The Kier molecular flexibility index (Phi) is 16.5. The van der Waals surface area contributed by atoms with Gasteiger partial charge in [0.25, 0.3) is 0 Å². The molecular weight excluding hydrogens is 500 g/mol. The number of hydrogen-bond acceptors (Lipinski definition) is 7. The molecule has 4 atom stereocenters. The molecule has 9 heteroatoms. The highest BCUT2D eigenvalue weighted by Crippen LogP contribution is 2.32. The summed E-state index contributed by atoms with van der Waals surface area (Å²) in [6, 6.07) is 0. The molecule has 0 aromatic rings. The molecule has 3 N–H and O–H groups in total. The van der Waals surface area contributed by atoms with Crippen LogP contribution >= 0.6 is 0 Å². The molecule has 2 saturated carbocycles. The number of ether oxygens (including phenoxy) is 4. The second kappa shape index (κ2) is 18.4.